The Labute approximate surface area is 172 Å². The molecule has 1 aliphatic heterocycles. The highest BCUT2D eigenvalue weighted by Gasteiger charge is 2.61. The number of rotatable bonds is 2. The third kappa shape index (κ3) is 2.88. The van der Waals surface area contributed by atoms with Crippen LogP contribution in [0.3, 0.4) is 0 Å². The summed E-state index contributed by atoms with van der Waals surface area (Å²) in [7, 11) is 0. The summed E-state index contributed by atoms with van der Waals surface area (Å²) < 4.78 is 0. The molecule has 0 amide bonds. The van der Waals surface area contributed by atoms with Crippen LogP contribution < -0.4 is 5.32 Å². The quantitative estimate of drug-likeness (QED) is 0.627. The van der Waals surface area contributed by atoms with Crippen LogP contribution in [-0.4, -0.2) is 18.9 Å². The van der Waals surface area contributed by atoms with Gasteiger partial charge in [0.25, 0.3) is 0 Å². The fourth-order valence-electron chi connectivity index (χ4n) is 8.77. The molecule has 5 fully saturated rings. The SMILES string of the molecule is C[C@@H]1CC2C[C@H](C=C[C@H]3CCNC3)CC[C@]2(C)[C@H]2CC[C@]3(C)C(=O)CC[C@H]3[C@H]12. The van der Waals surface area contributed by atoms with Crippen molar-refractivity contribution < 1.29 is 4.79 Å². The molecule has 0 spiro atoms. The van der Waals surface area contributed by atoms with Gasteiger partial charge in [0.2, 0.25) is 0 Å². The fourth-order valence-corrected chi connectivity index (χ4v) is 8.77. The van der Waals surface area contributed by atoms with Crippen molar-refractivity contribution in [3.8, 4) is 0 Å². The van der Waals surface area contributed by atoms with Crippen LogP contribution >= 0.6 is 0 Å². The molecule has 28 heavy (non-hydrogen) atoms. The fraction of sp³-hybridized carbons (Fsp3) is 0.885. The summed E-state index contributed by atoms with van der Waals surface area (Å²) in [6.07, 6.45) is 16.6. The molecule has 1 N–H and O–H groups in total. The van der Waals surface area contributed by atoms with Crippen molar-refractivity contribution in [3.63, 3.8) is 0 Å². The molecule has 9 atom stereocenters. The second-order valence-electron chi connectivity index (χ2n) is 11.8. The van der Waals surface area contributed by atoms with Crippen LogP contribution in [0.5, 0.6) is 0 Å². The molecule has 4 saturated carbocycles. The molecule has 0 radical (unpaired) electrons. The highest BCUT2D eigenvalue weighted by molar-refractivity contribution is 5.87. The minimum atomic E-state index is 0.0217. The Bertz CT molecular complexity index is 649. The Kier molecular flexibility index (Phi) is 4.81. The lowest BCUT2D eigenvalue weighted by molar-refractivity contribution is -0.148. The van der Waals surface area contributed by atoms with E-state index < -0.39 is 0 Å². The molecule has 156 valence electrons. The minimum Gasteiger partial charge on any atom is -0.316 e. The standard InChI is InChI=1S/C26H41NO/c1-17-14-20-15-18(4-5-19-10-13-27-16-19)8-11-25(20,2)22-9-12-26(3)21(24(17)22)6-7-23(26)28/h4-5,17-22,24,27H,6-16H2,1-3H3/t17-,18-,19+,20?,21+,22+,24+,25+,26+/m1/s1. The van der Waals surface area contributed by atoms with E-state index in [-0.39, 0.29) is 5.41 Å². The van der Waals surface area contributed by atoms with Crippen molar-refractivity contribution in [2.24, 2.45) is 52.3 Å². The molecule has 2 heteroatoms. The third-order valence-electron chi connectivity index (χ3n) is 10.5. The normalized spacial score (nSPS) is 53.8. The molecular weight excluding hydrogens is 342 g/mol. The molecule has 5 aliphatic rings. The molecule has 5 rings (SSSR count). The van der Waals surface area contributed by atoms with E-state index in [0.29, 0.717) is 17.1 Å². The number of carbonyl (C=O) groups is 1. The lowest BCUT2D eigenvalue weighted by atomic mass is 9.42. The minimum absolute atomic E-state index is 0.0217. The molecule has 4 aliphatic carbocycles. The monoisotopic (exact) mass is 383 g/mol. The number of carbonyl (C=O) groups excluding carboxylic acids is 1. The third-order valence-corrected chi connectivity index (χ3v) is 10.5. The van der Waals surface area contributed by atoms with Crippen LogP contribution in [0.2, 0.25) is 0 Å². The van der Waals surface area contributed by atoms with Crippen LogP contribution in [0.1, 0.15) is 78.6 Å². The van der Waals surface area contributed by atoms with Crippen LogP contribution in [-0.2, 0) is 4.79 Å². The van der Waals surface area contributed by atoms with Gasteiger partial charge in [-0.25, -0.2) is 0 Å². The van der Waals surface area contributed by atoms with E-state index in [0.717, 1.165) is 41.9 Å². The molecule has 1 saturated heterocycles. The van der Waals surface area contributed by atoms with Crippen molar-refractivity contribution in [2.45, 2.75) is 78.6 Å². The van der Waals surface area contributed by atoms with Gasteiger partial charge in [-0.05, 0) is 105 Å². The van der Waals surface area contributed by atoms with Crippen LogP contribution in [0.15, 0.2) is 12.2 Å². The van der Waals surface area contributed by atoms with E-state index in [2.05, 4.69) is 38.2 Å². The molecule has 2 nitrogen and oxygen atoms in total. The molecule has 1 unspecified atom stereocenters. The number of nitrogens with one attached hydrogen (secondary N) is 1. The summed E-state index contributed by atoms with van der Waals surface area (Å²) in [6.45, 7) is 9.90. The van der Waals surface area contributed by atoms with Gasteiger partial charge < -0.3 is 5.32 Å². The van der Waals surface area contributed by atoms with E-state index >= 15 is 0 Å². The first-order valence-electron chi connectivity index (χ1n) is 12.3. The van der Waals surface area contributed by atoms with Gasteiger partial charge in [-0.3, -0.25) is 4.79 Å². The average molecular weight is 384 g/mol. The van der Waals surface area contributed by atoms with Crippen molar-refractivity contribution >= 4 is 5.78 Å². The zero-order valence-electron chi connectivity index (χ0n) is 18.4. The first-order valence-corrected chi connectivity index (χ1v) is 12.3. The second-order valence-corrected chi connectivity index (χ2v) is 11.8. The Hall–Kier alpha value is -0.630. The molecule has 1 heterocycles. The van der Waals surface area contributed by atoms with Crippen molar-refractivity contribution in [3.05, 3.63) is 12.2 Å². The van der Waals surface area contributed by atoms with Gasteiger partial charge in [0.05, 0.1) is 0 Å². The Balaban J connectivity index is 1.33. The summed E-state index contributed by atoms with van der Waals surface area (Å²) in [6, 6.07) is 0. The zero-order valence-corrected chi connectivity index (χ0v) is 18.4. The van der Waals surface area contributed by atoms with Crippen LogP contribution in [0.4, 0.5) is 0 Å². The second kappa shape index (κ2) is 6.96. The van der Waals surface area contributed by atoms with Gasteiger partial charge in [0.15, 0.2) is 0 Å². The molecule has 0 bridgehead atoms. The molecule has 0 aromatic rings. The number of hydrogen-bond donors (Lipinski definition) is 1. The first kappa shape index (κ1) is 19.3. The number of allylic oxidation sites excluding steroid dienone is 1. The highest BCUT2D eigenvalue weighted by atomic mass is 16.1. The van der Waals surface area contributed by atoms with E-state index in [1.807, 2.05) is 0 Å². The van der Waals surface area contributed by atoms with Crippen LogP contribution in [0, 0.1) is 52.3 Å². The highest BCUT2D eigenvalue weighted by Crippen LogP contribution is 2.67. The number of Topliss-reactive ketones (excluding diaryl/α,β-unsaturated/α-hetero) is 1. The van der Waals surface area contributed by atoms with E-state index in [9.17, 15) is 4.79 Å². The summed E-state index contributed by atoms with van der Waals surface area (Å²) >= 11 is 0. The van der Waals surface area contributed by atoms with Gasteiger partial charge in [0, 0.05) is 18.4 Å². The van der Waals surface area contributed by atoms with E-state index in [4.69, 9.17) is 0 Å². The lowest BCUT2D eigenvalue weighted by Crippen LogP contribution is -2.56. The average Bonchev–Trinajstić information content (AvgIpc) is 3.29. The number of fused-ring (bicyclic) bond motifs is 5. The van der Waals surface area contributed by atoms with Gasteiger partial charge in [-0.2, -0.15) is 0 Å². The smallest absolute Gasteiger partial charge is 0.139 e. The Morgan fingerprint density at radius 3 is 2.57 bits per heavy atom. The zero-order chi connectivity index (χ0) is 19.5. The lowest BCUT2D eigenvalue weighted by Gasteiger charge is -2.62. The number of ketones is 1. The van der Waals surface area contributed by atoms with Gasteiger partial charge >= 0.3 is 0 Å². The maximum atomic E-state index is 12.7. The van der Waals surface area contributed by atoms with E-state index in [1.54, 1.807) is 0 Å². The van der Waals surface area contributed by atoms with Gasteiger partial charge in [0.1, 0.15) is 5.78 Å². The van der Waals surface area contributed by atoms with Crippen molar-refractivity contribution in [1.82, 2.24) is 5.32 Å². The predicted molar refractivity (Wildman–Crippen MR) is 115 cm³/mol. The molecule has 0 aromatic heterocycles. The topological polar surface area (TPSA) is 29.1 Å². The maximum absolute atomic E-state index is 12.7. The summed E-state index contributed by atoms with van der Waals surface area (Å²) in [4.78, 5) is 12.7. The first-order chi connectivity index (χ1) is 13.4. The predicted octanol–water partition coefficient (Wildman–Crippen LogP) is 5.63. The van der Waals surface area contributed by atoms with Crippen molar-refractivity contribution in [2.75, 3.05) is 13.1 Å². The maximum Gasteiger partial charge on any atom is 0.139 e. The van der Waals surface area contributed by atoms with E-state index in [1.165, 1.54) is 64.5 Å². The summed E-state index contributed by atoms with van der Waals surface area (Å²) in [5, 5.41) is 3.50. The molecule has 0 aromatic carbocycles. The summed E-state index contributed by atoms with van der Waals surface area (Å²) in [5.41, 5.74) is 0.553. The van der Waals surface area contributed by atoms with Gasteiger partial charge in [-0.15, -0.1) is 0 Å². The summed E-state index contributed by atoms with van der Waals surface area (Å²) in [5.74, 6) is 6.24. The molecular formula is C26H41NO. The van der Waals surface area contributed by atoms with Crippen LogP contribution in [0.25, 0.3) is 0 Å². The van der Waals surface area contributed by atoms with Crippen molar-refractivity contribution in [1.29, 1.82) is 0 Å². The number of hydrogen-bond acceptors (Lipinski definition) is 2. The van der Waals surface area contributed by atoms with Gasteiger partial charge in [-0.1, -0.05) is 32.9 Å². The largest absolute Gasteiger partial charge is 0.316 e. The Morgan fingerprint density at radius 1 is 0.964 bits per heavy atom. The Morgan fingerprint density at radius 2 is 1.79 bits per heavy atom.